The van der Waals surface area contributed by atoms with Crippen LogP contribution in [0.15, 0.2) is 24.3 Å². The van der Waals surface area contributed by atoms with Crippen LogP contribution in [-0.4, -0.2) is 51.8 Å². The molecule has 1 saturated heterocycles. The van der Waals surface area contributed by atoms with Crippen LogP contribution in [0.4, 0.5) is 10.6 Å². The van der Waals surface area contributed by atoms with Gasteiger partial charge in [0.25, 0.3) is 5.91 Å². The van der Waals surface area contributed by atoms with Crippen LogP contribution < -0.4 is 20.7 Å². The van der Waals surface area contributed by atoms with Gasteiger partial charge in [-0.15, -0.1) is 11.3 Å². The summed E-state index contributed by atoms with van der Waals surface area (Å²) in [4.78, 5) is 60.7. The Bertz CT molecular complexity index is 1530. The van der Waals surface area contributed by atoms with Crippen LogP contribution in [-0.2, 0) is 21.7 Å². The van der Waals surface area contributed by atoms with Crippen molar-refractivity contribution in [2.45, 2.75) is 56.7 Å². The van der Waals surface area contributed by atoms with Crippen LogP contribution in [0.5, 0.6) is 5.75 Å². The van der Waals surface area contributed by atoms with E-state index in [1.54, 1.807) is 25.3 Å². The first-order valence-electron chi connectivity index (χ1n) is 12.6. The molecular formula is C26H25ClN6O5S. The Morgan fingerprint density at radius 3 is 2.74 bits per heavy atom. The third-order valence-corrected chi connectivity index (χ3v) is 8.90. The Morgan fingerprint density at radius 2 is 2.00 bits per heavy atom. The summed E-state index contributed by atoms with van der Waals surface area (Å²) >= 11 is 7.74. The number of methoxy groups -OCH3 is 1. The number of ether oxygens (including phenoxy) is 1. The average Bonchev–Trinajstić information content (AvgIpc) is 3.62. The normalized spacial score (nSPS) is 20.2. The third-order valence-electron chi connectivity index (χ3n) is 7.48. The molecule has 3 aromatic rings. The quantitative estimate of drug-likeness (QED) is 0.398. The van der Waals surface area contributed by atoms with Gasteiger partial charge < -0.3 is 15.0 Å². The first kappa shape index (κ1) is 25.5. The first-order valence-corrected chi connectivity index (χ1v) is 13.8. The zero-order valence-electron chi connectivity index (χ0n) is 21.0. The number of pyridine rings is 1. The molecule has 0 radical (unpaired) electrons. The lowest BCUT2D eigenvalue weighted by atomic mass is 9.99. The summed E-state index contributed by atoms with van der Waals surface area (Å²) < 4.78 is 6.35. The predicted molar refractivity (Wildman–Crippen MR) is 144 cm³/mol. The van der Waals surface area contributed by atoms with Crippen LogP contribution in [0.25, 0.3) is 10.2 Å². The van der Waals surface area contributed by atoms with Crippen LogP contribution >= 0.6 is 22.9 Å². The summed E-state index contributed by atoms with van der Waals surface area (Å²) in [7, 11) is 1.57. The highest BCUT2D eigenvalue weighted by Crippen LogP contribution is 2.44. The first-order chi connectivity index (χ1) is 18.8. The third kappa shape index (κ3) is 4.57. The summed E-state index contributed by atoms with van der Waals surface area (Å²) in [5, 5.41) is 9.57. The fourth-order valence-electron chi connectivity index (χ4n) is 5.57. The Balaban J connectivity index is 1.20. The molecular weight excluding hydrogens is 544 g/mol. The Hall–Kier alpha value is -3.77. The van der Waals surface area contributed by atoms with E-state index in [0.717, 1.165) is 35.4 Å². The number of carbonyl (C=O) groups is 4. The standard InChI is InChI=1S/C26H25ClN6O5S/c1-38-17-10-13(27)11-18-21(17)31-24(39-18)26(8-2-3-9-26)32-25(37)29-19-6-4-14-15(28-19)12-33(23(14)36)16-5-7-20(34)30-22(16)35/h4,6,10-11,16H,2-3,5,7-9,12H2,1H3,(H,30,34,35)(H2,28,29,32,37). The van der Waals surface area contributed by atoms with E-state index in [1.165, 1.54) is 16.2 Å². The minimum Gasteiger partial charge on any atom is -0.494 e. The molecule has 3 N–H and O–H groups in total. The maximum absolute atomic E-state index is 13.2. The molecule has 1 unspecified atom stereocenters. The number of imide groups is 1. The van der Waals surface area contributed by atoms with Gasteiger partial charge in [-0.25, -0.2) is 14.8 Å². The lowest BCUT2D eigenvalue weighted by Crippen LogP contribution is -2.52. The maximum Gasteiger partial charge on any atom is 0.321 e. The van der Waals surface area contributed by atoms with Gasteiger partial charge in [0, 0.05) is 17.5 Å². The molecule has 1 aliphatic carbocycles. The number of halogens is 1. The van der Waals surface area contributed by atoms with Gasteiger partial charge in [0.2, 0.25) is 11.8 Å². The topological polar surface area (TPSA) is 143 Å². The molecule has 4 heterocycles. The van der Waals surface area contributed by atoms with E-state index >= 15 is 0 Å². The maximum atomic E-state index is 13.2. The Labute approximate surface area is 232 Å². The number of nitrogens with one attached hydrogen (secondary N) is 3. The Morgan fingerprint density at radius 1 is 1.21 bits per heavy atom. The molecule has 202 valence electrons. The molecule has 1 saturated carbocycles. The van der Waals surface area contributed by atoms with Crippen molar-refractivity contribution < 1.29 is 23.9 Å². The summed E-state index contributed by atoms with van der Waals surface area (Å²) in [5.74, 6) is -0.276. The molecule has 0 bridgehead atoms. The van der Waals surface area contributed by atoms with E-state index in [9.17, 15) is 19.2 Å². The molecule has 5 amide bonds. The van der Waals surface area contributed by atoms with Crippen molar-refractivity contribution in [1.82, 2.24) is 25.5 Å². The number of benzene rings is 1. The average molecular weight is 569 g/mol. The van der Waals surface area contributed by atoms with Crippen molar-refractivity contribution in [3.8, 4) is 5.75 Å². The molecule has 2 aliphatic heterocycles. The highest BCUT2D eigenvalue weighted by molar-refractivity contribution is 7.18. The molecule has 1 atom stereocenters. The van der Waals surface area contributed by atoms with Gasteiger partial charge in [0.1, 0.15) is 28.1 Å². The number of piperidine rings is 1. The number of thiazole rings is 1. The van der Waals surface area contributed by atoms with E-state index in [2.05, 4.69) is 20.9 Å². The second kappa shape index (κ2) is 9.76. The molecule has 11 nitrogen and oxygen atoms in total. The number of anilines is 1. The van der Waals surface area contributed by atoms with Crippen molar-refractivity contribution in [3.05, 3.63) is 45.6 Å². The molecule has 13 heteroatoms. The van der Waals surface area contributed by atoms with Crippen LogP contribution in [0.1, 0.15) is 59.6 Å². The van der Waals surface area contributed by atoms with Crippen molar-refractivity contribution in [3.63, 3.8) is 0 Å². The number of hydrogen-bond donors (Lipinski definition) is 3. The number of rotatable bonds is 5. The highest BCUT2D eigenvalue weighted by atomic mass is 35.5. The van der Waals surface area contributed by atoms with Gasteiger partial charge in [-0.3, -0.25) is 25.0 Å². The molecule has 3 aliphatic rings. The number of aromatic nitrogens is 2. The van der Waals surface area contributed by atoms with Gasteiger partial charge in [0.05, 0.1) is 35.2 Å². The lowest BCUT2D eigenvalue weighted by Gasteiger charge is -2.29. The predicted octanol–water partition coefficient (Wildman–Crippen LogP) is 3.71. The number of fused-ring (bicyclic) bond motifs is 2. The van der Waals surface area contributed by atoms with Crippen molar-refractivity contribution in [1.29, 1.82) is 0 Å². The number of carbonyl (C=O) groups excluding carboxylic acids is 4. The number of nitrogens with zero attached hydrogens (tertiary/aromatic N) is 3. The van der Waals surface area contributed by atoms with Crippen LogP contribution in [0.3, 0.4) is 0 Å². The monoisotopic (exact) mass is 568 g/mol. The highest BCUT2D eigenvalue weighted by Gasteiger charge is 2.41. The minimum atomic E-state index is -0.728. The molecule has 2 fully saturated rings. The lowest BCUT2D eigenvalue weighted by molar-refractivity contribution is -0.136. The fourth-order valence-corrected chi connectivity index (χ4v) is 7.07. The fraction of sp³-hybridized carbons (Fsp3) is 0.385. The van der Waals surface area contributed by atoms with Crippen LogP contribution in [0, 0.1) is 0 Å². The largest absolute Gasteiger partial charge is 0.494 e. The Kier molecular flexibility index (Phi) is 6.38. The summed E-state index contributed by atoms with van der Waals surface area (Å²) in [5.41, 5.74) is 0.912. The minimum absolute atomic E-state index is 0.123. The summed E-state index contributed by atoms with van der Waals surface area (Å²) in [6, 6.07) is 5.57. The number of amides is 5. The second-order valence-electron chi connectivity index (χ2n) is 9.93. The molecule has 2 aromatic heterocycles. The zero-order chi connectivity index (χ0) is 27.3. The molecule has 6 rings (SSSR count). The summed E-state index contributed by atoms with van der Waals surface area (Å²) in [6.45, 7) is 0.123. The van der Waals surface area contributed by atoms with E-state index in [1.807, 2.05) is 6.07 Å². The van der Waals surface area contributed by atoms with E-state index in [4.69, 9.17) is 21.3 Å². The van der Waals surface area contributed by atoms with Crippen molar-refractivity contribution >= 4 is 62.7 Å². The van der Waals surface area contributed by atoms with Gasteiger partial charge in [-0.05, 0) is 37.5 Å². The van der Waals surface area contributed by atoms with Crippen LogP contribution in [0.2, 0.25) is 5.02 Å². The van der Waals surface area contributed by atoms with Gasteiger partial charge in [0.15, 0.2) is 0 Å². The van der Waals surface area contributed by atoms with Gasteiger partial charge in [-0.1, -0.05) is 24.4 Å². The summed E-state index contributed by atoms with van der Waals surface area (Å²) in [6.07, 6.45) is 3.82. The molecule has 1 aromatic carbocycles. The molecule has 39 heavy (non-hydrogen) atoms. The number of urea groups is 1. The van der Waals surface area contributed by atoms with E-state index in [-0.39, 0.29) is 37.0 Å². The smallest absolute Gasteiger partial charge is 0.321 e. The van der Waals surface area contributed by atoms with Crippen molar-refractivity contribution in [2.75, 3.05) is 12.4 Å². The zero-order valence-corrected chi connectivity index (χ0v) is 22.6. The van der Waals surface area contributed by atoms with Gasteiger partial charge >= 0.3 is 6.03 Å². The second-order valence-corrected chi connectivity index (χ2v) is 11.4. The SMILES string of the molecule is COc1cc(Cl)cc2sc(C3(NC(=O)Nc4ccc5c(n4)CN(C4CCC(=O)NC4=O)C5=O)CCCC3)nc12. The van der Waals surface area contributed by atoms with Gasteiger partial charge in [-0.2, -0.15) is 0 Å². The van der Waals surface area contributed by atoms with Crippen molar-refractivity contribution in [2.24, 2.45) is 0 Å². The number of hydrogen-bond acceptors (Lipinski definition) is 8. The van der Waals surface area contributed by atoms with E-state index in [0.29, 0.717) is 27.5 Å². The van der Waals surface area contributed by atoms with E-state index < -0.39 is 23.5 Å². The molecule has 0 spiro atoms.